The van der Waals surface area contributed by atoms with Crippen LogP contribution in [0.15, 0.2) is 0 Å². The van der Waals surface area contributed by atoms with E-state index in [-0.39, 0.29) is 0 Å². The molecule has 0 bridgehead atoms. The van der Waals surface area contributed by atoms with Gasteiger partial charge in [-0.3, -0.25) is 0 Å². The number of halogens is 6. The Hall–Kier alpha value is 2.05. The van der Waals surface area contributed by atoms with Crippen LogP contribution < -0.4 is 0 Å². The van der Waals surface area contributed by atoms with Crippen LogP contribution >= 0.6 is 76.9 Å². The quantitative estimate of drug-likeness (QED) is 0.468. The topological polar surface area (TPSA) is 60.7 Å². The van der Waals surface area contributed by atoms with Crippen LogP contribution in [-0.2, 0) is 0 Å². The van der Waals surface area contributed by atoms with E-state index in [1.165, 1.54) is 27.7 Å². The number of alkyl halides is 6. The van der Waals surface area contributed by atoms with E-state index in [0.717, 1.165) is 0 Å². The molecule has 0 aliphatic heterocycles. The fraction of sp³-hybridized carbons (Fsp3) is 1.00. The molecule has 0 aromatic carbocycles. The molecule has 0 saturated heterocycles. The van der Waals surface area contributed by atoms with Gasteiger partial charge in [0.2, 0.25) is 0 Å². The second-order valence-electron chi connectivity index (χ2n) is 5.09. The van der Waals surface area contributed by atoms with Gasteiger partial charge in [0.15, 0.2) is 0 Å². The van der Waals surface area contributed by atoms with Crippen molar-refractivity contribution in [3.63, 3.8) is 0 Å². The van der Waals surface area contributed by atoms with Crippen molar-refractivity contribution in [1.29, 1.82) is 0 Å². The third-order valence-corrected chi connectivity index (χ3v) is 11.9. The molecule has 0 atom stereocenters. The van der Waals surface area contributed by atoms with Crippen LogP contribution in [0.4, 0.5) is 0 Å². The van der Waals surface area contributed by atoms with Crippen LogP contribution in [0.5, 0.6) is 0 Å². The molecule has 0 fully saturated rings. The van der Waals surface area contributed by atoms with Crippen molar-refractivity contribution in [2.45, 2.75) is 45.6 Å². The first-order chi connectivity index (χ1) is 7.29. The summed E-state index contributed by atoms with van der Waals surface area (Å²) in [6.45, 7) is 4.71. The van der Waals surface area contributed by atoms with Gasteiger partial charge in [0.25, 0.3) is 0 Å². The van der Waals surface area contributed by atoms with Crippen LogP contribution in [0, 0.1) is 0 Å². The molecule has 0 heterocycles. The zero-order chi connectivity index (χ0) is 15.4. The second kappa shape index (κ2) is 4.78. The predicted molar refractivity (Wildman–Crippen MR) is 82.3 cm³/mol. The maximum atomic E-state index is 10.4. The van der Waals surface area contributed by atoms with Crippen LogP contribution in [0.25, 0.3) is 0 Å². The molecule has 0 spiro atoms. The van der Waals surface area contributed by atoms with Crippen molar-refractivity contribution in [1.82, 2.24) is 0 Å². The summed E-state index contributed by atoms with van der Waals surface area (Å²) in [5.41, 5.74) is 0. The van der Waals surface area contributed by atoms with E-state index in [4.69, 9.17) is 69.6 Å². The predicted octanol–water partition coefficient (Wildman–Crippen LogP) is 4.56. The monoisotopic (exact) mass is 400 g/mol. The molecule has 112 valence electrons. The summed E-state index contributed by atoms with van der Waals surface area (Å²) in [5, 5.41) is -3.90. The fourth-order valence-electron chi connectivity index (χ4n) is 1.17. The summed E-state index contributed by atoms with van der Waals surface area (Å²) < 4.78 is -4.37. The summed E-state index contributed by atoms with van der Waals surface area (Å²) in [7, 11) is -5.71. The van der Waals surface area contributed by atoms with Crippen LogP contribution in [0.2, 0.25) is 0 Å². The molecule has 0 radical (unpaired) electrons. The molecule has 3 N–H and O–H groups in total. The molecule has 0 unspecified atom stereocenters. The average molecular weight is 403 g/mol. The summed E-state index contributed by atoms with van der Waals surface area (Å²) in [4.78, 5) is 31.3. The van der Waals surface area contributed by atoms with Gasteiger partial charge in [-0.1, -0.05) is 0 Å². The van der Waals surface area contributed by atoms with E-state index in [1.807, 2.05) is 0 Å². The Labute approximate surface area is 136 Å². The Bertz CT molecular complexity index is 305. The third-order valence-electron chi connectivity index (χ3n) is 3.45. The van der Waals surface area contributed by atoms with Gasteiger partial charge in [0.05, 0.1) is 0 Å². The molecule has 3 nitrogen and oxygen atoms in total. The molecule has 0 amide bonds. The van der Waals surface area contributed by atoms with Gasteiger partial charge in [-0.25, -0.2) is 0 Å². The van der Waals surface area contributed by atoms with Crippen molar-refractivity contribution in [2.75, 3.05) is 0 Å². The molecule has 0 rings (SSSR count). The molecule has 0 aromatic heterocycles. The summed E-state index contributed by atoms with van der Waals surface area (Å²) in [6, 6.07) is 0. The fourth-order valence-corrected chi connectivity index (χ4v) is 6.30. The first-order valence-corrected chi connectivity index (χ1v) is 9.04. The van der Waals surface area contributed by atoms with Gasteiger partial charge in [0, 0.05) is 0 Å². The van der Waals surface area contributed by atoms with Crippen molar-refractivity contribution in [3.05, 3.63) is 0 Å². The summed E-state index contributed by atoms with van der Waals surface area (Å²) in [6.07, 6.45) is 0. The molecular formula is C8H15Cl6O3P. The maximum absolute atomic E-state index is 10.4. The minimum absolute atomic E-state index is 1.18. The van der Waals surface area contributed by atoms with Gasteiger partial charge in [-0.2, -0.15) is 0 Å². The van der Waals surface area contributed by atoms with Crippen molar-refractivity contribution >= 4 is 76.9 Å². The summed E-state index contributed by atoms with van der Waals surface area (Å²) >= 11 is 34.3. The molecular weight excluding hydrogens is 388 g/mol. The zero-order valence-corrected chi connectivity index (χ0v) is 15.5. The van der Waals surface area contributed by atoms with Crippen molar-refractivity contribution < 1.29 is 14.7 Å². The number of hydrogen-bond donors (Lipinski definition) is 3. The Balaban J connectivity index is 6.18. The van der Waals surface area contributed by atoms with E-state index in [1.54, 1.807) is 0 Å². The first kappa shape index (κ1) is 20.1. The number of rotatable bonds is 2. The van der Waals surface area contributed by atoms with Gasteiger partial charge >= 0.3 is 137 Å². The molecule has 0 aromatic rings. The average Bonchev–Trinajstić information content (AvgIpc) is 1.97. The van der Waals surface area contributed by atoms with Gasteiger partial charge in [-0.05, 0) is 0 Å². The van der Waals surface area contributed by atoms with Crippen molar-refractivity contribution in [2.24, 2.45) is 0 Å². The van der Waals surface area contributed by atoms with Gasteiger partial charge in [0.1, 0.15) is 0 Å². The van der Waals surface area contributed by atoms with E-state index in [0.29, 0.717) is 0 Å². The zero-order valence-electron chi connectivity index (χ0n) is 10.1. The molecule has 0 aliphatic carbocycles. The molecule has 0 saturated carbocycles. The van der Waals surface area contributed by atoms with E-state index >= 15 is 0 Å². The normalized spacial score (nSPS) is 18.4. The standard InChI is InChI=1S/C8H15Cl6O3P/c1-5(2,7(9,10)11)18(15,16,17)6(3,4)8(12,13)14/h15-17H,1-4H3. The van der Waals surface area contributed by atoms with Crippen LogP contribution in [-0.4, -0.2) is 32.6 Å². The van der Waals surface area contributed by atoms with Gasteiger partial charge < -0.3 is 0 Å². The minimum atomic E-state index is -5.71. The van der Waals surface area contributed by atoms with Crippen molar-refractivity contribution in [3.8, 4) is 0 Å². The molecule has 18 heavy (non-hydrogen) atoms. The van der Waals surface area contributed by atoms with E-state index < -0.39 is 25.2 Å². The summed E-state index contributed by atoms with van der Waals surface area (Å²) in [5.74, 6) is 0. The van der Waals surface area contributed by atoms with Crippen LogP contribution in [0.1, 0.15) is 27.7 Å². The van der Waals surface area contributed by atoms with Gasteiger partial charge in [-0.15, -0.1) is 0 Å². The molecule has 0 aliphatic rings. The van der Waals surface area contributed by atoms with Crippen LogP contribution in [0.3, 0.4) is 0 Å². The SMILES string of the molecule is CC(C)(C(Cl)(Cl)Cl)P(O)(O)(O)C(C)(C)C(Cl)(Cl)Cl. The molecule has 10 heteroatoms. The second-order valence-corrected chi connectivity index (χ2v) is 13.9. The Morgan fingerprint density at radius 1 is 0.611 bits per heavy atom. The Morgan fingerprint density at radius 2 is 0.778 bits per heavy atom. The Morgan fingerprint density at radius 3 is 0.889 bits per heavy atom. The number of hydrogen-bond acceptors (Lipinski definition) is 3. The first-order valence-electron chi connectivity index (χ1n) is 4.68. The van der Waals surface area contributed by atoms with E-state index in [2.05, 4.69) is 0 Å². The van der Waals surface area contributed by atoms with E-state index in [9.17, 15) is 14.7 Å². The Kier molecular flexibility index (Phi) is 5.32. The third kappa shape index (κ3) is 2.70.